The smallest absolute Gasteiger partial charge is 0.266 e. The van der Waals surface area contributed by atoms with Crippen LogP contribution in [-0.2, 0) is 4.79 Å². The Morgan fingerprint density at radius 1 is 1.30 bits per heavy atom. The molecule has 2 aromatic heterocycles. The lowest BCUT2D eigenvalue weighted by atomic mass is 9.85. The molecule has 1 aromatic carbocycles. The number of hydrogen-bond acceptors (Lipinski definition) is 4. The molecule has 1 atom stereocenters. The van der Waals surface area contributed by atoms with E-state index in [0.29, 0.717) is 22.0 Å². The van der Waals surface area contributed by atoms with Gasteiger partial charge in [-0.25, -0.2) is 4.39 Å². The fourth-order valence-electron chi connectivity index (χ4n) is 3.31. The normalized spacial score (nSPS) is 15.8. The molecule has 0 bridgehead atoms. The Morgan fingerprint density at radius 3 is 2.78 bits per heavy atom. The number of pyridine rings is 1. The van der Waals surface area contributed by atoms with E-state index in [-0.39, 0.29) is 23.5 Å². The van der Waals surface area contributed by atoms with Crippen LogP contribution in [0.4, 0.5) is 15.1 Å². The number of thiophene rings is 1. The van der Waals surface area contributed by atoms with Gasteiger partial charge in [-0.15, -0.1) is 11.3 Å². The largest absolute Gasteiger partial charge is 0.321 e. The van der Waals surface area contributed by atoms with Gasteiger partial charge in [-0.3, -0.25) is 14.6 Å². The second-order valence-corrected chi connectivity index (χ2v) is 7.37. The van der Waals surface area contributed by atoms with Crippen LogP contribution in [-0.4, -0.2) is 16.8 Å². The summed E-state index contributed by atoms with van der Waals surface area (Å²) in [6, 6.07) is 9.38. The molecule has 7 heteroatoms. The Hall–Kier alpha value is -3.06. The van der Waals surface area contributed by atoms with Gasteiger partial charge in [0.15, 0.2) is 0 Å². The summed E-state index contributed by atoms with van der Waals surface area (Å²) in [6.45, 7) is 1.88. The van der Waals surface area contributed by atoms with Crippen molar-refractivity contribution in [2.24, 2.45) is 0 Å². The minimum Gasteiger partial charge on any atom is -0.321 e. The van der Waals surface area contributed by atoms with Crippen LogP contribution in [0.25, 0.3) is 0 Å². The van der Waals surface area contributed by atoms with Gasteiger partial charge in [0.25, 0.3) is 5.91 Å². The molecule has 0 saturated heterocycles. The van der Waals surface area contributed by atoms with Gasteiger partial charge in [0.05, 0.1) is 9.88 Å². The van der Waals surface area contributed by atoms with Crippen molar-refractivity contribution in [1.82, 2.24) is 4.98 Å². The molecule has 0 aliphatic carbocycles. The van der Waals surface area contributed by atoms with Crippen LogP contribution >= 0.6 is 11.3 Å². The lowest BCUT2D eigenvalue weighted by molar-refractivity contribution is -0.116. The number of carbonyl (C=O) groups is 2. The van der Waals surface area contributed by atoms with Crippen molar-refractivity contribution in [2.75, 3.05) is 10.6 Å². The van der Waals surface area contributed by atoms with E-state index in [4.69, 9.17) is 0 Å². The molecule has 27 heavy (non-hydrogen) atoms. The van der Waals surface area contributed by atoms with Gasteiger partial charge in [0.1, 0.15) is 5.82 Å². The first-order valence-corrected chi connectivity index (χ1v) is 9.24. The van der Waals surface area contributed by atoms with E-state index in [1.165, 1.54) is 35.6 Å². The summed E-state index contributed by atoms with van der Waals surface area (Å²) in [5.41, 5.74) is 3.25. The van der Waals surface area contributed by atoms with Gasteiger partial charge in [-0.05, 0) is 53.9 Å². The number of anilines is 2. The molecular weight excluding hydrogens is 365 g/mol. The van der Waals surface area contributed by atoms with Crippen LogP contribution in [0.15, 0.2) is 48.8 Å². The highest BCUT2D eigenvalue weighted by molar-refractivity contribution is 7.18. The van der Waals surface area contributed by atoms with E-state index in [0.717, 1.165) is 16.7 Å². The maximum absolute atomic E-state index is 13.1. The second-order valence-electron chi connectivity index (χ2n) is 6.35. The van der Waals surface area contributed by atoms with Crippen molar-refractivity contribution in [2.45, 2.75) is 19.3 Å². The molecule has 0 unspecified atom stereocenters. The SMILES string of the molecule is Cc1c(C(=O)Nc2ccc(F)cc2)sc2c1[C@H](c1cccnc1)CC(=O)N2. The summed E-state index contributed by atoms with van der Waals surface area (Å²) in [6.07, 6.45) is 3.76. The first-order chi connectivity index (χ1) is 13.0. The lowest BCUT2D eigenvalue weighted by Crippen LogP contribution is -2.22. The number of nitrogens with zero attached hydrogens (tertiary/aromatic N) is 1. The number of halogens is 1. The maximum Gasteiger partial charge on any atom is 0.266 e. The van der Waals surface area contributed by atoms with Crippen LogP contribution in [0.1, 0.15) is 38.7 Å². The number of carbonyl (C=O) groups excluding carboxylic acids is 2. The van der Waals surface area contributed by atoms with Crippen LogP contribution < -0.4 is 10.6 Å². The summed E-state index contributed by atoms with van der Waals surface area (Å²) >= 11 is 1.26. The monoisotopic (exact) mass is 381 g/mol. The van der Waals surface area contributed by atoms with Crippen LogP contribution in [0.3, 0.4) is 0 Å². The highest BCUT2D eigenvalue weighted by Gasteiger charge is 2.32. The molecule has 0 spiro atoms. The molecule has 2 N–H and O–H groups in total. The van der Waals surface area contributed by atoms with E-state index >= 15 is 0 Å². The number of nitrogens with one attached hydrogen (secondary N) is 2. The van der Waals surface area contributed by atoms with Crippen molar-refractivity contribution in [3.8, 4) is 0 Å². The Morgan fingerprint density at radius 2 is 2.07 bits per heavy atom. The minimum atomic E-state index is -0.363. The van der Waals surface area contributed by atoms with E-state index in [2.05, 4.69) is 15.6 Å². The molecule has 3 heterocycles. The summed E-state index contributed by atoms with van der Waals surface area (Å²) in [5, 5.41) is 6.35. The average Bonchev–Trinajstić information content (AvgIpc) is 3.00. The molecule has 1 aliphatic heterocycles. The number of rotatable bonds is 3. The Bertz CT molecular complexity index is 1020. The summed E-state index contributed by atoms with van der Waals surface area (Å²) in [4.78, 5) is 29.6. The first kappa shape index (κ1) is 17.4. The number of fused-ring (bicyclic) bond motifs is 1. The molecule has 2 amide bonds. The van der Waals surface area contributed by atoms with Crippen molar-refractivity contribution in [3.05, 3.63) is 76.2 Å². The van der Waals surface area contributed by atoms with Gasteiger partial charge < -0.3 is 10.6 Å². The highest BCUT2D eigenvalue weighted by atomic mass is 32.1. The minimum absolute atomic E-state index is 0.0805. The fourth-order valence-corrected chi connectivity index (χ4v) is 4.49. The zero-order valence-corrected chi connectivity index (χ0v) is 15.3. The quantitative estimate of drug-likeness (QED) is 0.710. The molecular formula is C20H16FN3O2S. The summed E-state index contributed by atoms with van der Waals surface area (Å²) in [7, 11) is 0. The third-order valence-corrected chi connectivity index (χ3v) is 5.80. The standard InChI is InChI=1S/C20H16FN3O2S/c1-11-17-15(12-3-2-8-22-10-12)9-16(25)24-20(17)27-18(11)19(26)23-14-6-4-13(21)5-7-14/h2-8,10,15H,9H2,1H3,(H,23,26)(H,24,25)/t15-/m0/s1. The second kappa shape index (κ2) is 6.92. The van der Waals surface area contributed by atoms with Crippen molar-refractivity contribution in [3.63, 3.8) is 0 Å². The third kappa shape index (κ3) is 3.33. The lowest BCUT2D eigenvalue weighted by Gasteiger charge is -2.23. The third-order valence-electron chi connectivity index (χ3n) is 4.58. The molecule has 1 aliphatic rings. The average molecular weight is 381 g/mol. The Kier molecular flexibility index (Phi) is 4.45. The highest BCUT2D eigenvalue weighted by Crippen LogP contribution is 2.45. The van der Waals surface area contributed by atoms with Crippen molar-refractivity contribution >= 4 is 33.8 Å². The number of hydrogen-bond donors (Lipinski definition) is 2. The van der Waals surface area contributed by atoms with Crippen LogP contribution in [0.5, 0.6) is 0 Å². The van der Waals surface area contributed by atoms with Gasteiger partial charge in [0, 0.05) is 30.4 Å². The van der Waals surface area contributed by atoms with Gasteiger partial charge >= 0.3 is 0 Å². The molecule has 4 rings (SSSR count). The summed E-state index contributed by atoms with van der Waals surface area (Å²) < 4.78 is 13.1. The van der Waals surface area contributed by atoms with Gasteiger partial charge in [-0.2, -0.15) is 0 Å². The predicted molar refractivity (Wildman–Crippen MR) is 103 cm³/mol. The molecule has 0 saturated carbocycles. The first-order valence-electron chi connectivity index (χ1n) is 8.43. The number of benzene rings is 1. The topological polar surface area (TPSA) is 71.1 Å². The molecule has 3 aromatic rings. The van der Waals surface area contributed by atoms with Crippen molar-refractivity contribution < 1.29 is 14.0 Å². The molecule has 0 fully saturated rings. The van der Waals surface area contributed by atoms with E-state index in [1.54, 1.807) is 12.4 Å². The maximum atomic E-state index is 13.1. The van der Waals surface area contributed by atoms with E-state index in [1.807, 2.05) is 19.1 Å². The fraction of sp³-hybridized carbons (Fsp3) is 0.150. The van der Waals surface area contributed by atoms with E-state index < -0.39 is 0 Å². The van der Waals surface area contributed by atoms with Crippen molar-refractivity contribution in [1.29, 1.82) is 0 Å². The Labute approximate surface area is 159 Å². The Balaban J connectivity index is 1.69. The molecule has 136 valence electrons. The van der Waals surface area contributed by atoms with E-state index in [9.17, 15) is 14.0 Å². The van der Waals surface area contributed by atoms with Gasteiger partial charge in [-0.1, -0.05) is 6.07 Å². The number of aromatic nitrogens is 1. The number of amides is 2. The zero-order chi connectivity index (χ0) is 19.0. The van der Waals surface area contributed by atoms with Crippen LogP contribution in [0, 0.1) is 12.7 Å². The van der Waals surface area contributed by atoms with Gasteiger partial charge in [0.2, 0.25) is 5.91 Å². The zero-order valence-electron chi connectivity index (χ0n) is 14.5. The van der Waals surface area contributed by atoms with Crippen LogP contribution in [0.2, 0.25) is 0 Å². The summed E-state index contributed by atoms with van der Waals surface area (Å²) in [5.74, 6) is -0.857. The molecule has 0 radical (unpaired) electrons. The molecule has 5 nitrogen and oxygen atoms in total. The predicted octanol–water partition coefficient (Wildman–Crippen LogP) is 4.32.